The van der Waals surface area contributed by atoms with Gasteiger partial charge in [0.2, 0.25) is 11.8 Å². The van der Waals surface area contributed by atoms with Crippen molar-refractivity contribution in [2.45, 2.75) is 32.9 Å². The fourth-order valence-electron chi connectivity index (χ4n) is 2.22. The number of rotatable bonds is 10. The molecule has 0 radical (unpaired) electrons. The molecule has 5 nitrogen and oxygen atoms in total. The highest BCUT2D eigenvalue weighted by Crippen LogP contribution is 2.24. The van der Waals surface area contributed by atoms with Crippen LogP contribution in [0.25, 0.3) is 11.5 Å². The third kappa shape index (κ3) is 6.55. The first-order chi connectivity index (χ1) is 12.1. The van der Waals surface area contributed by atoms with Gasteiger partial charge < -0.3 is 14.5 Å². The Morgan fingerprint density at radius 3 is 2.76 bits per heavy atom. The fourth-order valence-corrected chi connectivity index (χ4v) is 3.07. The molecule has 2 aromatic rings. The van der Waals surface area contributed by atoms with Crippen molar-refractivity contribution in [3.8, 4) is 11.5 Å². The standard InChI is InChI=1S/C19H26N2O3S/c1-4-23-11-5-10-20-18(22)13-25-12-17-15(3)24-19(21-17)16-8-6-14(2)7-9-16/h6-9H,4-5,10-13H2,1-3H3,(H,20,22). The van der Waals surface area contributed by atoms with Gasteiger partial charge in [-0.1, -0.05) is 17.7 Å². The van der Waals surface area contributed by atoms with Crippen LogP contribution in [0.3, 0.4) is 0 Å². The number of hydrogen-bond donors (Lipinski definition) is 1. The van der Waals surface area contributed by atoms with Gasteiger partial charge in [0.15, 0.2) is 0 Å². The number of carbonyl (C=O) groups excluding carboxylic acids is 1. The van der Waals surface area contributed by atoms with Crippen LogP contribution in [0.5, 0.6) is 0 Å². The van der Waals surface area contributed by atoms with E-state index in [4.69, 9.17) is 9.15 Å². The highest BCUT2D eigenvalue weighted by molar-refractivity contribution is 7.99. The second-order valence-electron chi connectivity index (χ2n) is 5.78. The Labute approximate surface area is 153 Å². The number of thioether (sulfide) groups is 1. The predicted molar refractivity (Wildman–Crippen MR) is 102 cm³/mol. The van der Waals surface area contributed by atoms with Gasteiger partial charge in [0.25, 0.3) is 0 Å². The molecule has 0 aliphatic heterocycles. The smallest absolute Gasteiger partial charge is 0.230 e. The van der Waals surface area contributed by atoms with E-state index in [0.29, 0.717) is 37.2 Å². The summed E-state index contributed by atoms with van der Waals surface area (Å²) >= 11 is 1.54. The summed E-state index contributed by atoms with van der Waals surface area (Å²) in [5.41, 5.74) is 3.07. The summed E-state index contributed by atoms with van der Waals surface area (Å²) in [5, 5.41) is 2.90. The third-order valence-corrected chi connectivity index (χ3v) is 4.60. The van der Waals surface area contributed by atoms with E-state index in [1.54, 1.807) is 11.8 Å². The molecule has 1 amide bonds. The molecule has 0 aliphatic rings. The minimum Gasteiger partial charge on any atom is -0.441 e. The predicted octanol–water partition coefficient (Wildman–Crippen LogP) is 3.73. The molecule has 0 saturated carbocycles. The van der Waals surface area contributed by atoms with Crippen molar-refractivity contribution in [1.82, 2.24) is 10.3 Å². The maximum absolute atomic E-state index is 11.8. The lowest BCUT2D eigenvalue weighted by Crippen LogP contribution is -2.27. The van der Waals surface area contributed by atoms with Crippen LogP contribution in [-0.4, -0.2) is 36.4 Å². The second kappa shape index (κ2) is 10.3. The van der Waals surface area contributed by atoms with Gasteiger partial charge in [0.05, 0.1) is 11.4 Å². The van der Waals surface area contributed by atoms with E-state index in [2.05, 4.69) is 17.2 Å². The number of nitrogens with one attached hydrogen (secondary N) is 1. The van der Waals surface area contributed by atoms with Gasteiger partial charge in [-0.15, -0.1) is 11.8 Å². The number of amides is 1. The lowest BCUT2D eigenvalue weighted by molar-refractivity contribution is -0.118. The molecular formula is C19H26N2O3S. The Kier molecular flexibility index (Phi) is 8.01. The summed E-state index contributed by atoms with van der Waals surface area (Å²) in [6, 6.07) is 8.10. The molecule has 0 atom stereocenters. The minimum absolute atomic E-state index is 0.0430. The Balaban J connectivity index is 1.76. The van der Waals surface area contributed by atoms with Gasteiger partial charge in [-0.25, -0.2) is 4.98 Å². The van der Waals surface area contributed by atoms with Gasteiger partial charge >= 0.3 is 0 Å². The van der Waals surface area contributed by atoms with Crippen LogP contribution in [-0.2, 0) is 15.3 Å². The summed E-state index contributed by atoms with van der Waals surface area (Å²) in [6.45, 7) is 7.98. The zero-order valence-electron chi connectivity index (χ0n) is 15.1. The second-order valence-corrected chi connectivity index (χ2v) is 6.77. The summed E-state index contributed by atoms with van der Waals surface area (Å²) in [4.78, 5) is 16.4. The summed E-state index contributed by atoms with van der Waals surface area (Å²) in [5.74, 6) is 2.56. The van der Waals surface area contributed by atoms with E-state index in [9.17, 15) is 4.79 Å². The number of aromatic nitrogens is 1. The van der Waals surface area contributed by atoms with Crippen molar-refractivity contribution < 1.29 is 13.9 Å². The fraction of sp³-hybridized carbons (Fsp3) is 0.474. The maximum atomic E-state index is 11.8. The Morgan fingerprint density at radius 1 is 1.28 bits per heavy atom. The molecule has 1 N–H and O–H groups in total. The number of aryl methyl sites for hydroxylation is 2. The SMILES string of the molecule is CCOCCCNC(=O)CSCc1nc(-c2ccc(C)cc2)oc1C. The monoisotopic (exact) mass is 362 g/mol. The molecule has 2 rings (SSSR count). The van der Waals surface area contributed by atoms with E-state index in [1.165, 1.54) is 5.56 Å². The first kappa shape index (κ1) is 19.5. The van der Waals surface area contributed by atoms with Crippen LogP contribution in [0.1, 0.15) is 30.4 Å². The largest absolute Gasteiger partial charge is 0.441 e. The van der Waals surface area contributed by atoms with Crippen LogP contribution in [0.2, 0.25) is 0 Å². The van der Waals surface area contributed by atoms with E-state index >= 15 is 0 Å². The number of oxazole rings is 1. The Hall–Kier alpha value is -1.79. The first-order valence-corrected chi connectivity index (χ1v) is 9.71. The van der Waals surface area contributed by atoms with Gasteiger partial charge in [-0.05, 0) is 39.3 Å². The number of benzene rings is 1. The molecule has 25 heavy (non-hydrogen) atoms. The average Bonchev–Trinajstić information content (AvgIpc) is 2.96. The zero-order valence-corrected chi connectivity index (χ0v) is 15.9. The van der Waals surface area contributed by atoms with E-state index in [-0.39, 0.29) is 5.91 Å². The summed E-state index contributed by atoms with van der Waals surface area (Å²) in [6.07, 6.45) is 0.840. The quantitative estimate of drug-likeness (QED) is 0.652. The highest BCUT2D eigenvalue weighted by atomic mass is 32.2. The lowest BCUT2D eigenvalue weighted by Gasteiger charge is -2.04. The van der Waals surface area contributed by atoms with Crippen molar-refractivity contribution in [3.63, 3.8) is 0 Å². The van der Waals surface area contributed by atoms with Gasteiger partial charge in [0, 0.05) is 31.1 Å². The van der Waals surface area contributed by atoms with Crippen molar-refractivity contribution in [2.75, 3.05) is 25.5 Å². The molecular weight excluding hydrogens is 336 g/mol. The molecule has 6 heteroatoms. The normalized spacial score (nSPS) is 10.8. The molecule has 1 aromatic carbocycles. The van der Waals surface area contributed by atoms with Gasteiger partial charge in [-0.2, -0.15) is 0 Å². The minimum atomic E-state index is 0.0430. The molecule has 0 saturated heterocycles. The van der Waals surface area contributed by atoms with Crippen LogP contribution < -0.4 is 5.32 Å². The number of hydrogen-bond acceptors (Lipinski definition) is 5. The van der Waals surface area contributed by atoms with E-state index < -0.39 is 0 Å². The molecule has 1 aromatic heterocycles. The third-order valence-electron chi connectivity index (χ3n) is 3.65. The molecule has 1 heterocycles. The molecule has 0 spiro atoms. The number of carbonyl (C=O) groups is 1. The van der Waals surface area contributed by atoms with Crippen molar-refractivity contribution in [2.24, 2.45) is 0 Å². The topological polar surface area (TPSA) is 64.4 Å². The Bertz CT molecular complexity index is 668. The lowest BCUT2D eigenvalue weighted by atomic mass is 10.1. The van der Waals surface area contributed by atoms with Crippen LogP contribution in [0.4, 0.5) is 0 Å². The van der Waals surface area contributed by atoms with E-state index in [0.717, 1.165) is 23.4 Å². The van der Waals surface area contributed by atoms with Crippen LogP contribution >= 0.6 is 11.8 Å². The molecule has 0 aliphatic carbocycles. The number of ether oxygens (including phenoxy) is 1. The molecule has 136 valence electrons. The average molecular weight is 362 g/mol. The van der Waals surface area contributed by atoms with Crippen LogP contribution in [0, 0.1) is 13.8 Å². The highest BCUT2D eigenvalue weighted by Gasteiger charge is 2.12. The van der Waals surface area contributed by atoms with Gasteiger partial charge in [-0.3, -0.25) is 4.79 Å². The maximum Gasteiger partial charge on any atom is 0.230 e. The summed E-state index contributed by atoms with van der Waals surface area (Å²) in [7, 11) is 0. The van der Waals surface area contributed by atoms with Gasteiger partial charge in [0.1, 0.15) is 5.76 Å². The number of nitrogens with zero attached hydrogens (tertiary/aromatic N) is 1. The molecule has 0 bridgehead atoms. The molecule has 0 fully saturated rings. The zero-order chi connectivity index (χ0) is 18.1. The first-order valence-electron chi connectivity index (χ1n) is 8.55. The molecule has 0 unspecified atom stereocenters. The summed E-state index contributed by atoms with van der Waals surface area (Å²) < 4.78 is 11.0. The van der Waals surface area contributed by atoms with Crippen LogP contribution in [0.15, 0.2) is 28.7 Å². The van der Waals surface area contributed by atoms with Crippen molar-refractivity contribution in [3.05, 3.63) is 41.3 Å². The van der Waals surface area contributed by atoms with E-state index in [1.807, 2.05) is 38.1 Å². The van der Waals surface area contributed by atoms with Crippen molar-refractivity contribution >= 4 is 17.7 Å². The van der Waals surface area contributed by atoms with Crippen molar-refractivity contribution in [1.29, 1.82) is 0 Å². The Morgan fingerprint density at radius 2 is 2.04 bits per heavy atom.